The molecule has 1 atom stereocenters. The molecule has 1 aliphatic heterocycles. The molecule has 0 spiro atoms. The maximum Gasteiger partial charge on any atom is 0.387 e. The van der Waals surface area contributed by atoms with Gasteiger partial charge in [-0.2, -0.15) is 8.78 Å². The molecule has 0 amide bonds. The third-order valence-corrected chi connectivity index (χ3v) is 8.00. The number of ether oxygens (including phenoxy) is 2. The number of aryl methyl sites for hydroxylation is 1. The van der Waals surface area contributed by atoms with Gasteiger partial charge in [0.05, 0.1) is 24.2 Å². The molecular weight excluding hydrogens is 446 g/mol. The zero-order chi connectivity index (χ0) is 21.8. The summed E-state index contributed by atoms with van der Waals surface area (Å²) in [6, 6.07) is 8.52. The predicted octanol–water partition coefficient (Wildman–Crippen LogP) is 3.63. The number of rotatable bonds is 8. The molecule has 1 aromatic carbocycles. The molecule has 2 heterocycles. The molecule has 1 fully saturated rings. The average molecular weight is 471 g/mol. The van der Waals surface area contributed by atoms with E-state index in [1.54, 1.807) is 29.5 Å². The first-order valence-corrected chi connectivity index (χ1v) is 12.4. The normalized spacial score (nSPS) is 18.5. The first-order valence-electron chi connectivity index (χ1n) is 10.1. The number of benzene rings is 1. The maximum atomic E-state index is 13.0. The van der Waals surface area contributed by atoms with Crippen LogP contribution in [0.3, 0.4) is 0 Å². The highest BCUT2D eigenvalue weighted by atomic mass is 32.2. The van der Waals surface area contributed by atoms with E-state index in [0.717, 1.165) is 23.5 Å². The summed E-state index contributed by atoms with van der Waals surface area (Å²) in [4.78, 5) is 3.65. The number of hydrogen-bond donors (Lipinski definition) is 1. The van der Waals surface area contributed by atoms with E-state index in [0.29, 0.717) is 36.5 Å². The Morgan fingerprint density at radius 1 is 1.19 bits per heavy atom. The molecule has 1 saturated heterocycles. The number of thiophene rings is 1. The minimum absolute atomic E-state index is 0.0517. The van der Waals surface area contributed by atoms with Crippen LogP contribution in [-0.4, -0.2) is 52.8 Å². The number of halogens is 2. The summed E-state index contributed by atoms with van der Waals surface area (Å²) in [5.41, 5.74) is 1.50. The zero-order valence-electron chi connectivity index (χ0n) is 16.8. The number of nitrogens with one attached hydrogen (secondary N) is 1. The summed E-state index contributed by atoms with van der Waals surface area (Å²) in [7, 11) is -3.67. The van der Waals surface area contributed by atoms with Gasteiger partial charge in [-0.3, -0.25) is 4.90 Å². The van der Waals surface area contributed by atoms with Crippen molar-refractivity contribution < 1.29 is 26.7 Å². The van der Waals surface area contributed by atoms with Crippen molar-refractivity contribution in [2.45, 2.75) is 25.5 Å². The van der Waals surface area contributed by atoms with E-state index < -0.39 is 16.6 Å². The Bertz CT molecular complexity index is 1020. The third kappa shape index (κ3) is 5.50. The monoisotopic (exact) mass is 470 g/mol. The number of nitrogens with zero attached hydrogens (tertiary/aromatic N) is 1. The van der Waals surface area contributed by atoms with E-state index in [-0.39, 0.29) is 18.3 Å². The summed E-state index contributed by atoms with van der Waals surface area (Å²) in [5, 5.41) is 1.99. The van der Waals surface area contributed by atoms with Crippen LogP contribution in [0, 0.1) is 0 Å². The van der Waals surface area contributed by atoms with Crippen LogP contribution in [0.25, 0.3) is 6.08 Å². The van der Waals surface area contributed by atoms with Crippen LogP contribution >= 0.6 is 11.3 Å². The van der Waals surface area contributed by atoms with Crippen molar-refractivity contribution >= 4 is 27.4 Å². The Hall–Kier alpha value is -1.85. The second-order valence-corrected chi connectivity index (χ2v) is 10.2. The molecule has 0 radical (unpaired) electrons. The number of allylic oxidation sites excluding steroid dienone is 1. The summed E-state index contributed by atoms with van der Waals surface area (Å²) in [5.74, 6) is 0.0795. The lowest BCUT2D eigenvalue weighted by molar-refractivity contribution is -0.0498. The smallest absolute Gasteiger partial charge is 0.387 e. The van der Waals surface area contributed by atoms with Gasteiger partial charge in [0, 0.05) is 24.5 Å². The fourth-order valence-electron chi connectivity index (χ4n) is 3.89. The molecule has 4 rings (SSSR count). The molecule has 2 aliphatic rings. The zero-order valence-corrected chi connectivity index (χ0v) is 18.4. The third-order valence-electron chi connectivity index (χ3n) is 5.47. The fraction of sp³-hybridized carbons (Fsp3) is 0.429. The standard InChI is InChI=1S/C21H24F2N2O4S2/c22-21(23)29-17-5-3-16-13-18(6-4-15(16)12-17)31(26,27)24-14-19(20-2-1-11-30-20)25-7-9-28-10-8-25/h1-3,5,11-13,19,21,24H,4,6-10,14H2. The summed E-state index contributed by atoms with van der Waals surface area (Å²) < 4.78 is 63.6. The first-order chi connectivity index (χ1) is 14.9. The van der Waals surface area contributed by atoms with Crippen molar-refractivity contribution in [2.24, 2.45) is 0 Å². The van der Waals surface area contributed by atoms with Gasteiger partial charge in [-0.25, -0.2) is 13.1 Å². The van der Waals surface area contributed by atoms with Gasteiger partial charge in [0.2, 0.25) is 10.0 Å². The van der Waals surface area contributed by atoms with Crippen molar-refractivity contribution in [1.29, 1.82) is 0 Å². The Labute approximate surface area is 184 Å². The lowest BCUT2D eigenvalue weighted by Gasteiger charge is -2.34. The number of hydrogen-bond acceptors (Lipinski definition) is 6. The van der Waals surface area contributed by atoms with Gasteiger partial charge in [-0.1, -0.05) is 12.1 Å². The van der Waals surface area contributed by atoms with Crippen LogP contribution in [0.4, 0.5) is 8.78 Å². The van der Waals surface area contributed by atoms with Crippen LogP contribution in [0.2, 0.25) is 0 Å². The molecule has 0 bridgehead atoms. The Morgan fingerprint density at radius 3 is 2.71 bits per heavy atom. The molecule has 2 aromatic rings. The van der Waals surface area contributed by atoms with Gasteiger partial charge >= 0.3 is 6.61 Å². The van der Waals surface area contributed by atoms with Crippen LogP contribution < -0.4 is 9.46 Å². The lowest BCUT2D eigenvalue weighted by atomic mass is 9.97. The molecule has 31 heavy (non-hydrogen) atoms. The molecule has 1 unspecified atom stereocenters. The van der Waals surface area contributed by atoms with Crippen molar-refractivity contribution in [3.05, 3.63) is 56.6 Å². The number of morpholine rings is 1. The van der Waals surface area contributed by atoms with Crippen molar-refractivity contribution in [1.82, 2.24) is 9.62 Å². The lowest BCUT2D eigenvalue weighted by Crippen LogP contribution is -2.43. The highest BCUT2D eigenvalue weighted by Crippen LogP contribution is 2.31. The van der Waals surface area contributed by atoms with E-state index >= 15 is 0 Å². The van der Waals surface area contributed by atoms with Crippen LogP contribution in [0.1, 0.15) is 28.5 Å². The summed E-state index contributed by atoms with van der Waals surface area (Å²) in [6.07, 6.45) is 2.37. The highest BCUT2D eigenvalue weighted by molar-refractivity contribution is 7.93. The molecule has 6 nitrogen and oxygen atoms in total. The van der Waals surface area contributed by atoms with E-state index in [4.69, 9.17) is 4.74 Å². The van der Waals surface area contributed by atoms with Crippen molar-refractivity contribution in [3.8, 4) is 5.75 Å². The minimum atomic E-state index is -3.67. The molecule has 1 aromatic heterocycles. The fourth-order valence-corrected chi connectivity index (χ4v) is 5.97. The Balaban J connectivity index is 1.48. The molecular formula is C21H24F2N2O4S2. The topological polar surface area (TPSA) is 67.9 Å². The number of sulfonamides is 1. The Morgan fingerprint density at radius 2 is 2.00 bits per heavy atom. The molecule has 1 N–H and O–H groups in total. The van der Waals surface area contributed by atoms with Gasteiger partial charge in [0.15, 0.2) is 0 Å². The van der Waals surface area contributed by atoms with Gasteiger partial charge in [-0.05, 0) is 53.6 Å². The summed E-state index contributed by atoms with van der Waals surface area (Å²) in [6.45, 7) is 0.155. The van der Waals surface area contributed by atoms with Gasteiger partial charge < -0.3 is 9.47 Å². The second kappa shape index (κ2) is 9.74. The van der Waals surface area contributed by atoms with Crippen LogP contribution in [0.5, 0.6) is 5.75 Å². The second-order valence-electron chi connectivity index (χ2n) is 7.38. The van der Waals surface area contributed by atoms with E-state index in [1.165, 1.54) is 6.07 Å². The van der Waals surface area contributed by atoms with Gasteiger partial charge in [0.25, 0.3) is 0 Å². The summed E-state index contributed by atoms with van der Waals surface area (Å²) >= 11 is 1.61. The molecule has 1 aliphatic carbocycles. The average Bonchev–Trinajstić information content (AvgIpc) is 3.28. The molecule has 10 heteroatoms. The first kappa shape index (κ1) is 22.3. The molecule has 168 valence electrons. The highest BCUT2D eigenvalue weighted by Gasteiger charge is 2.27. The maximum absolute atomic E-state index is 13.0. The quantitative estimate of drug-likeness (QED) is 0.638. The SMILES string of the molecule is O=S(=O)(NCC(c1cccs1)N1CCOCC1)C1=Cc2ccc(OC(F)F)cc2CC1. The van der Waals surface area contributed by atoms with Gasteiger partial charge in [-0.15, -0.1) is 11.3 Å². The minimum Gasteiger partial charge on any atom is -0.435 e. The Kier molecular flexibility index (Phi) is 7.02. The number of fused-ring (bicyclic) bond motifs is 1. The van der Waals surface area contributed by atoms with Gasteiger partial charge in [0.1, 0.15) is 5.75 Å². The van der Waals surface area contributed by atoms with E-state index in [2.05, 4.69) is 14.4 Å². The number of alkyl halides is 2. The molecule has 0 saturated carbocycles. The van der Waals surface area contributed by atoms with E-state index in [1.807, 2.05) is 17.5 Å². The van der Waals surface area contributed by atoms with Crippen LogP contribution in [-0.2, 0) is 21.2 Å². The van der Waals surface area contributed by atoms with Crippen molar-refractivity contribution in [3.63, 3.8) is 0 Å². The van der Waals surface area contributed by atoms with Crippen molar-refractivity contribution in [2.75, 3.05) is 32.8 Å². The van der Waals surface area contributed by atoms with E-state index in [9.17, 15) is 17.2 Å². The predicted molar refractivity (Wildman–Crippen MR) is 116 cm³/mol. The largest absolute Gasteiger partial charge is 0.435 e. The van der Waals surface area contributed by atoms with Crippen LogP contribution in [0.15, 0.2) is 40.6 Å².